The Morgan fingerprint density at radius 3 is 1.85 bits per heavy atom. The van der Waals surface area contributed by atoms with Crippen LogP contribution in [0.3, 0.4) is 0 Å². The number of nitrogen functional groups attached to an aromatic ring is 2. The van der Waals surface area contributed by atoms with E-state index in [2.05, 4.69) is 40.6 Å². The third-order valence-corrected chi connectivity index (χ3v) is 10.7. The van der Waals surface area contributed by atoms with E-state index in [0.29, 0.717) is 5.75 Å². The quantitative estimate of drug-likeness (QED) is 0.0750. The largest absolute Gasteiger partial charge is 1.00 e. The first kappa shape index (κ1) is 43.2. The third kappa shape index (κ3) is 8.94. The number of carboxylic acids is 2. The number of amides is 4. The van der Waals surface area contributed by atoms with Crippen molar-refractivity contribution in [2.24, 2.45) is 10.3 Å². The van der Waals surface area contributed by atoms with Crippen LogP contribution in [-0.4, -0.2) is 116 Å². The van der Waals surface area contributed by atoms with Crippen LogP contribution in [0.5, 0.6) is 0 Å². The number of carbonyl (C=O) groups is 6. The molecular formula is C26H24N10Na2O10S4. The van der Waals surface area contributed by atoms with Gasteiger partial charge in [0, 0.05) is 16.5 Å². The number of rotatable bonds is 10. The number of β-lactam (4-membered cyclic amide) rings is 2. The van der Waals surface area contributed by atoms with Gasteiger partial charge in [0.15, 0.2) is 21.7 Å². The van der Waals surface area contributed by atoms with Crippen molar-refractivity contribution in [1.82, 2.24) is 30.4 Å². The zero-order chi connectivity index (χ0) is 36.3. The van der Waals surface area contributed by atoms with E-state index < -0.39 is 64.4 Å². The molecule has 2 fully saturated rings. The van der Waals surface area contributed by atoms with Crippen LogP contribution in [0.15, 0.2) is 44.3 Å². The van der Waals surface area contributed by atoms with Crippen LogP contribution in [0.25, 0.3) is 0 Å². The summed E-state index contributed by atoms with van der Waals surface area (Å²) in [4.78, 5) is 91.0. The van der Waals surface area contributed by atoms with Crippen molar-refractivity contribution in [2.45, 2.75) is 28.9 Å². The summed E-state index contributed by atoms with van der Waals surface area (Å²) in [6.45, 7) is 0. The smallest absolute Gasteiger partial charge is 0.548 e. The first-order valence-electron chi connectivity index (χ1n) is 13.9. The van der Waals surface area contributed by atoms with Gasteiger partial charge in [-0.2, -0.15) is 0 Å². The van der Waals surface area contributed by atoms with Gasteiger partial charge in [0.1, 0.15) is 48.4 Å². The predicted octanol–water partition coefficient (Wildman–Crippen LogP) is -9.77. The fraction of sp³-hybridized carbons (Fsp3) is 0.308. The van der Waals surface area contributed by atoms with Crippen molar-refractivity contribution in [2.75, 3.05) is 31.4 Å². The first-order valence-corrected chi connectivity index (χ1v) is 17.6. The van der Waals surface area contributed by atoms with Crippen LogP contribution < -0.4 is 91.4 Å². The zero-order valence-electron chi connectivity index (χ0n) is 27.5. The molecule has 1 unspecified atom stereocenters. The van der Waals surface area contributed by atoms with Crippen molar-refractivity contribution in [3.05, 3.63) is 45.4 Å². The van der Waals surface area contributed by atoms with E-state index in [9.17, 15) is 39.0 Å². The molecule has 4 aliphatic heterocycles. The summed E-state index contributed by atoms with van der Waals surface area (Å²) in [5, 5.41) is 38.6. The summed E-state index contributed by atoms with van der Waals surface area (Å²) in [6.07, 6.45) is 2.77. The fourth-order valence-electron chi connectivity index (χ4n) is 4.88. The molecule has 2 aromatic heterocycles. The molecule has 20 nitrogen and oxygen atoms in total. The number of aromatic nitrogens is 2. The Morgan fingerprint density at radius 2 is 1.40 bits per heavy atom. The van der Waals surface area contributed by atoms with Crippen LogP contribution in [0.4, 0.5) is 10.3 Å². The van der Waals surface area contributed by atoms with E-state index >= 15 is 0 Å². The van der Waals surface area contributed by atoms with Crippen molar-refractivity contribution in [1.29, 1.82) is 0 Å². The maximum atomic E-state index is 12.5. The molecule has 4 amide bonds. The number of nitrogens with one attached hydrogen (secondary N) is 2. The molecule has 0 spiro atoms. The number of nitrogens with two attached hydrogens (primary N) is 2. The molecule has 0 bridgehead atoms. The van der Waals surface area contributed by atoms with E-state index in [0.717, 1.165) is 32.5 Å². The van der Waals surface area contributed by atoms with Crippen LogP contribution in [-0.2, 0) is 38.4 Å². The molecule has 4 aliphatic rings. The predicted molar refractivity (Wildman–Crippen MR) is 176 cm³/mol. The Kier molecular flexibility index (Phi) is 15.5. The van der Waals surface area contributed by atoms with Crippen LogP contribution in [0.1, 0.15) is 11.4 Å². The molecule has 0 aliphatic carbocycles. The molecule has 6 rings (SSSR count). The number of hydrogen-bond donors (Lipinski definition) is 4. The normalized spacial score (nSPS) is 23.0. The summed E-state index contributed by atoms with van der Waals surface area (Å²) in [5.74, 6) is -4.80. The van der Waals surface area contributed by atoms with Crippen LogP contribution in [0, 0.1) is 0 Å². The van der Waals surface area contributed by atoms with Gasteiger partial charge in [0.25, 0.3) is 17.7 Å². The molecule has 2 saturated heterocycles. The second-order valence-electron chi connectivity index (χ2n) is 9.96. The molecule has 0 saturated carbocycles. The van der Waals surface area contributed by atoms with Crippen molar-refractivity contribution in [3.63, 3.8) is 0 Å². The standard InChI is InChI=1S/2C13H13N5O5S2.2Na/c2*1-23-17-7(5-4-25-13(14)15-5)9(19)16-8-10(20)18-6(12(21)22)2-3-24-11(8)18;;/h2,4,8,11H,3H2,1H3,(H2,14,15)(H,16,19)(H,21,22);2-4,6,8,11H,1H3,(H2,14,15)(H,16,19)(H,21,22);;/q;;2*+1/p-2/b2*17-7+;;/t8-,11-;6?,8-,11-;;/m11../s1. The minimum atomic E-state index is -1.43. The minimum Gasteiger partial charge on any atom is -0.548 e. The number of thioether (sulfide) groups is 2. The number of fused-ring (bicyclic) bond motifs is 2. The van der Waals surface area contributed by atoms with E-state index in [1.165, 1.54) is 60.7 Å². The minimum absolute atomic E-state index is 0. The van der Waals surface area contributed by atoms with Gasteiger partial charge >= 0.3 is 59.1 Å². The van der Waals surface area contributed by atoms with E-state index in [4.69, 9.17) is 11.5 Å². The monoisotopic (exact) mass is 810 g/mol. The van der Waals surface area contributed by atoms with Crippen molar-refractivity contribution >= 4 is 103 Å². The number of anilines is 2. The molecule has 5 atom stereocenters. The maximum absolute atomic E-state index is 12.5. The number of carboxylic acid groups (broad SMARTS) is 2. The van der Waals surface area contributed by atoms with Crippen molar-refractivity contribution in [3.8, 4) is 0 Å². The van der Waals surface area contributed by atoms with Gasteiger partial charge in [0.05, 0.1) is 23.7 Å². The number of nitrogens with zero attached hydrogens (tertiary/aromatic N) is 6. The SMILES string of the molecule is CO/N=C(/C(=O)N[C@@H]1C(=O)N2C(C(=O)[O-])=CCS[C@H]12)c1csc(N)n1.CO/N=C(/C(=O)N[C@@H]1C(=O)N2C(C(=O)[O-])C=CS[C@H]12)c1csc(N)n1.[Na+].[Na+]. The van der Waals surface area contributed by atoms with Gasteiger partial charge in [-0.05, 0) is 17.6 Å². The van der Waals surface area contributed by atoms with Crippen molar-refractivity contribution < 1.29 is 108 Å². The topological polar surface area (TPSA) is 300 Å². The zero-order valence-corrected chi connectivity index (χ0v) is 34.8. The number of oxime groups is 2. The third-order valence-electron chi connectivity index (χ3n) is 7.05. The molecular weight excluding hydrogens is 787 g/mol. The van der Waals surface area contributed by atoms with Gasteiger partial charge in [-0.25, -0.2) is 9.97 Å². The van der Waals surface area contributed by atoms with Gasteiger partial charge in [0.2, 0.25) is 5.91 Å². The summed E-state index contributed by atoms with van der Waals surface area (Å²) in [5.41, 5.74) is 11.1. The first-order chi connectivity index (χ1) is 23.9. The Bertz CT molecular complexity index is 1800. The van der Waals surface area contributed by atoms with Gasteiger partial charge < -0.3 is 56.5 Å². The Hall–Kier alpha value is -3.20. The number of hydrogen-bond acceptors (Lipinski definition) is 20. The molecule has 0 aromatic carbocycles. The van der Waals surface area contributed by atoms with Crippen LogP contribution in [0.2, 0.25) is 0 Å². The van der Waals surface area contributed by atoms with Gasteiger partial charge in [-0.15, -0.1) is 46.2 Å². The average Bonchev–Trinajstić information content (AvgIpc) is 3.73. The molecule has 264 valence electrons. The van der Waals surface area contributed by atoms with Gasteiger partial charge in [-0.3, -0.25) is 24.1 Å². The second-order valence-corrected chi connectivity index (χ2v) is 13.9. The number of aliphatic carboxylic acids is 2. The molecule has 26 heteroatoms. The summed E-state index contributed by atoms with van der Waals surface area (Å²) < 4.78 is 0. The van der Waals surface area contributed by atoms with E-state index in [1.54, 1.807) is 5.41 Å². The maximum Gasteiger partial charge on any atom is 1.00 e. The average molecular weight is 811 g/mol. The molecule has 6 heterocycles. The second kappa shape index (κ2) is 18.7. The Morgan fingerprint density at radius 1 is 0.885 bits per heavy atom. The fourth-order valence-corrected chi connectivity index (χ4v) is 8.28. The van der Waals surface area contributed by atoms with Gasteiger partial charge in [-0.1, -0.05) is 10.3 Å². The van der Waals surface area contributed by atoms with Crippen LogP contribution >= 0.6 is 46.2 Å². The summed E-state index contributed by atoms with van der Waals surface area (Å²) >= 11 is 4.81. The molecule has 6 N–H and O–H groups in total. The Labute approximate surface area is 354 Å². The molecule has 2 aromatic rings. The number of carbonyl (C=O) groups excluding carboxylic acids is 6. The van der Waals surface area contributed by atoms with E-state index in [1.807, 2.05) is 0 Å². The summed E-state index contributed by atoms with van der Waals surface area (Å²) in [7, 11) is 2.54. The molecule has 0 radical (unpaired) electrons. The Balaban J connectivity index is 0.000000270. The van der Waals surface area contributed by atoms with E-state index in [-0.39, 0.29) is 97.9 Å². The summed E-state index contributed by atoms with van der Waals surface area (Å²) in [6, 6.07) is -2.90. The molecule has 52 heavy (non-hydrogen) atoms. The number of thiazole rings is 2.